The molecule has 0 rings (SSSR count). The van der Waals surface area contributed by atoms with Crippen LogP contribution in [-0.2, 0) is 23.9 Å². The fourth-order valence-corrected chi connectivity index (χ4v) is 5.75. The summed E-state index contributed by atoms with van der Waals surface area (Å²) in [6.07, 6.45) is 32.5. The molecule has 0 amide bonds. The van der Waals surface area contributed by atoms with E-state index in [9.17, 15) is 24.6 Å². The summed E-state index contributed by atoms with van der Waals surface area (Å²) in [7, 11) is 0. The van der Waals surface area contributed by atoms with Gasteiger partial charge in [0.1, 0.15) is 5.60 Å². The maximum Gasteiger partial charge on any atom is 1.00 e. The van der Waals surface area contributed by atoms with Crippen LogP contribution in [0.1, 0.15) is 206 Å². The first-order valence-electron chi connectivity index (χ1n) is 19.1. The van der Waals surface area contributed by atoms with E-state index in [1.54, 1.807) is 0 Å². The van der Waals surface area contributed by atoms with Crippen molar-refractivity contribution in [2.45, 2.75) is 212 Å². The predicted octanol–water partition coefficient (Wildman–Crippen LogP) is 6.30. The average molecular weight is 663 g/mol. The number of carboxylic acid groups (broad SMARTS) is 1. The number of carbonyl (C=O) groups is 3. The number of carboxylic acids is 1. The van der Waals surface area contributed by atoms with E-state index in [1.807, 2.05) is 0 Å². The number of aliphatic carboxylic acids is 1. The summed E-state index contributed by atoms with van der Waals surface area (Å²) in [5.41, 5.74) is -2.63. The number of ether oxygens (including phenoxy) is 2. The standard InChI is InChI=1S/C38H72O7.Na/c1-3-5-7-9-11-13-15-17-19-21-23-25-27-29-31-44-35(39)33-38(43,37(41)42)34-36(40)45-32-30-28-26-24-22-20-18-16-14-12-10-8-6-4-2;/h43H,3-34H2,1-2H3,(H,41,42);/q;+1/p-1. The third-order valence-corrected chi connectivity index (χ3v) is 8.78. The van der Waals surface area contributed by atoms with Crippen molar-refractivity contribution in [2.24, 2.45) is 0 Å². The minimum Gasteiger partial charge on any atom is -0.547 e. The summed E-state index contributed by atoms with van der Waals surface area (Å²) in [5.74, 6) is -3.57. The molecule has 0 aliphatic carbocycles. The Kier molecular flexibility index (Phi) is 36.8. The average Bonchev–Trinajstić information content (AvgIpc) is 3.00. The van der Waals surface area contributed by atoms with E-state index in [1.165, 1.54) is 128 Å². The molecule has 46 heavy (non-hydrogen) atoms. The maximum atomic E-state index is 12.2. The number of aliphatic hydroxyl groups is 1. The summed E-state index contributed by atoms with van der Waals surface area (Å²) in [6.45, 7) is 4.83. The molecule has 0 saturated carbocycles. The van der Waals surface area contributed by atoms with Gasteiger partial charge < -0.3 is 24.5 Å². The van der Waals surface area contributed by atoms with Crippen molar-refractivity contribution in [2.75, 3.05) is 13.2 Å². The molecule has 0 saturated heterocycles. The second kappa shape index (κ2) is 35.7. The van der Waals surface area contributed by atoms with Gasteiger partial charge in [-0.3, -0.25) is 9.59 Å². The van der Waals surface area contributed by atoms with Crippen LogP contribution >= 0.6 is 0 Å². The zero-order valence-corrected chi connectivity index (χ0v) is 32.5. The molecular weight excluding hydrogens is 591 g/mol. The molecule has 1 N–H and O–H groups in total. The van der Waals surface area contributed by atoms with Gasteiger partial charge in [-0.25, -0.2) is 0 Å². The van der Waals surface area contributed by atoms with Crippen LogP contribution in [0, 0.1) is 0 Å². The van der Waals surface area contributed by atoms with Crippen molar-refractivity contribution in [1.29, 1.82) is 0 Å². The van der Waals surface area contributed by atoms with Crippen LogP contribution in [0.2, 0.25) is 0 Å². The first-order chi connectivity index (χ1) is 21.9. The van der Waals surface area contributed by atoms with Gasteiger partial charge in [-0.1, -0.05) is 181 Å². The molecule has 0 atom stereocenters. The molecule has 0 aromatic rings. The summed E-state index contributed by atoms with van der Waals surface area (Å²) >= 11 is 0. The molecule has 0 spiro atoms. The normalized spacial score (nSPS) is 11.3. The summed E-state index contributed by atoms with van der Waals surface area (Å²) in [5, 5.41) is 22.0. The van der Waals surface area contributed by atoms with Gasteiger partial charge in [0.05, 0.1) is 32.0 Å². The van der Waals surface area contributed by atoms with Crippen molar-refractivity contribution in [3.63, 3.8) is 0 Å². The molecule has 0 aliphatic rings. The van der Waals surface area contributed by atoms with E-state index >= 15 is 0 Å². The third kappa shape index (κ3) is 31.9. The van der Waals surface area contributed by atoms with E-state index < -0.39 is 36.4 Å². The molecule has 0 heterocycles. The number of hydrogen-bond donors (Lipinski definition) is 1. The zero-order chi connectivity index (χ0) is 33.3. The Hall–Kier alpha value is -0.630. The zero-order valence-electron chi connectivity index (χ0n) is 30.5. The number of carbonyl (C=O) groups excluding carboxylic acids is 3. The van der Waals surface area contributed by atoms with Gasteiger partial charge in [-0.15, -0.1) is 0 Å². The monoisotopic (exact) mass is 663 g/mol. The number of hydrogen-bond acceptors (Lipinski definition) is 7. The van der Waals surface area contributed by atoms with Gasteiger partial charge in [0.25, 0.3) is 0 Å². The molecular formula is C38H71NaO7. The van der Waals surface area contributed by atoms with E-state index in [-0.39, 0.29) is 42.8 Å². The van der Waals surface area contributed by atoms with Gasteiger partial charge in [0.15, 0.2) is 0 Å². The van der Waals surface area contributed by atoms with Crippen LogP contribution in [0.15, 0.2) is 0 Å². The molecule has 8 heteroatoms. The molecule has 0 bridgehead atoms. The molecule has 0 aromatic carbocycles. The fraction of sp³-hybridized carbons (Fsp3) is 0.921. The quantitative estimate of drug-likeness (QED) is 0.0482. The van der Waals surface area contributed by atoms with E-state index in [0.29, 0.717) is 12.8 Å². The molecule has 0 radical (unpaired) electrons. The van der Waals surface area contributed by atoms with Gasteiger partial charge in [0, 0.05) is 0 Å². The van der Waals surface area contributed by atoms with Gasteiger partial charge in [-0.05, 0) is 12.8 Å². The Balaban J connectivity index is 0. The smallest absolute Gasteiger partial charge is 0.547 e. The van der Waals surface area contributed by atoms with Gasteiger partial charge in [0.2, 0.25) is 0 Å². The summed E-state index contributed by atoms with van der Waals surface area (Å²) < 4.78 is 10.2. The summed E-state index contributed by atoms with van der Waals surface area (Å²) in [6, 6.07) is 0. The van der Waals surface area contributed by atoms with Crippen LogP contribution in [-0.4, -0.2) is 41.8 Å². The minimum absolute atomic E-state index is 0. The molecule has 0 aliphatic heterocycles. The fourth-order valence-electron chi connectivity index (χ4n) is 5.75. The number of rotatable bonds is 35. The van der Waals surface area contributed by atoms with Crippen molar-refractivity contribution in [3.8, 4) is 0 Å². The molecule has 0 aromatic heterocycles. The Morgan fingerprint density at radius 1 is 0.457 bits per heavy atom. The van der Waals surface area contributed by atoms with E-state index in [2.05, 4.69) is 13.8 Å². The Morgan fingerprint density at radius 2 is 0.674 bits per heavy atom. The maximum absolute atomic E-state index is 12.2. The molecule has 7 nitrogen and oxygen atoms in total. The third-order valence-electron chi connectivity index (χ3n) is 8.78. The summed E-state index contributed by atoms with van der Waals surface area (Å²) in [4.78, 5) is 35.9. The largest absolute Gasteiger partial charge is 1.00 e. The van der Waals surface area contributed by atoms with Gasteiger partial charge in [-0.2, -0.15) is 0 Å². The second-order valence-electron chi connectivity index (χ2n) is 13.3. The first-order valence-corrected chi connectivity index (χ1v) is 19.1. The minimum atomic E-state index is -2.63. The topological polar surface area (TPSA) is 113 Å². The number of esters is 2. The molecule has 0 fully saturated rings. The van der Waals surface area contributed by atoms with Crippen LogP contribution in [0.3, 0.4) is 0 Å². The molecule has 266 valence electrons. The predicted molar refractivity (Wildman–Crippen MR) is 182 cm³/mol. The Bertz CT molecular complexity index is 653. The van der Waals surface area contributed by atoms with E-state index in [4.69, 9.17) is 9.47 Å². The SMILES string of the molecule is CCCCCCCCCCCCCCCCOC(=O)CC(O)(CC(=O)OCCCCCCCCCCCCCCCC)C(=O)[O-].[Na+]. The van der Waals surface area contributed by atoms with Crippen molar-refractivity contribution >= 4 is 17.9 Å². The molecule has 0 unspecified atom stereocenters. The van der Waals surface area contributed by atoms with Crippen LogP contribution < -0.4 is 34.7 Å². The van der Waals surface area contributed by atoms with Gasteiger partial charge >= 0.3 is 41.5 Å². The van der Waals surface area contributed by atoms with Crippen LogP contribution in [0.25, 0.3) is 0 Å². The van der Waals surface area contributed by atoms with Crippen LogP contribution in [0.5, 0.6) is 0 Å². The van der Waals surface area contributed by atoms with Crippen molar-refractivity contribution in [3.05, 3.63) is 0 Å². The Morgan fingerprint density at radius 3 is 0.891 bits per heavy atom. The van der Waals surface area contributed by atoms with Crippen molar-refractivity contribution in [1.82, 2.24) is 0 Å². The van der Waals surface area contributed by atoms with Crippen LogP contribution in [0.4, 0.5) is 0 Å². The number of unbranched alkanes of at least 4 members (excludes halogenated alkanes) is 26. The second-order valence-corrected chi connectivity index (χ2v) is 13.3. The Labute approximate surface area is 305 Å². The van der Waals surface area contributed by atoms with E-state index in [0.717, 1.165) is 38.5 Å². The first kappa shape index (κ1) is 47.5. The van der Waals surface area contributed by atoms with Crippen molar-refractivity contribution < 1.29 is 63.6 Å².